The van der Waals surface area contributed by atoms with Gasteiger partial charge in [-0.15, -0.1) is 11.6 Å². The minimum Gasteiger partial charge on any atom is -0.252 e. The minimum absolute atomic E-state index is 0.0612. The number of rotatable bonds is 2. The van der Waals surface area contributed by atoms with Crippen LogP contribution in [0.1, 0.15) is 17.7 Å². The topological polar surface area (TPSA) is 12.9 Å². The van der Waals surface area contributed by atoms with E-state index in [1.54, 1.807) is 22.6 Å². The molecule has 1 aromatic heterocycles. The number of pyridine rings is 1. The van der Waals surface area contributed by atoms with Crippen molar-refractivity contribution in [2.24, 2.45) is 0 Å². The Morgan fingerprint density at radius 3 is 2.62 bits per heavy atom. The van der Waals surface area contributed by atoms with E-state index in [-0.39, 0.29) is 9.45 Å². The van der Waals surface area contributed by atoms with Crippen molar-refractivity contribution in [1.29, 1.82) is 0 Å². The summed E-state index contributed by atoms with van der Waals surface area (Å²) in [6, 6.07) is 0. The van der Waals surface area contributed by atoms with Crippen LogP contribution in [0.25, 0.3) is 0 Å². The Labute approximate surface area is 91.4 Å². The molecule has 0 atom stereocenters. The first-order chi connectivity index (χ1) is 6.07. The first-order valence-corrected chi connectivity index (χ1v) is 4.86. The van der Waals surface area contributed by atoms with Crippen molar-refractivity contribution in [2.45, 2.75) is 12.3 Å². The van der Waals surface area contributed by atoms with Gasteiger partial charge in [0.05, 0.1) is 9.45 Å². The van der Waals surface area contributed by atoms with E-state index in [1.165, 1.54) is 6.20 Å². The zero-order valence-corrected chi connectivity index (χ0v) is 9.11. The van der Waals surface area contributed by atoms with Gasteiger partial charge < -0.3 is 0 Å². The van der Waals surface area contributed by atoms with Gasteiger partial charge in [0, 0.05) is 11.8 Å². The Morgan fingerprint density at radius 2 is 2.15 bits per heavy atom. The molecule has 72 valence electrons. The van der Waals surface area contributed by atoms with E-state index in [9.17, 15) is 13.2 Å². The molecule has 1 nitrogen and oxygen atoms in total. The SMILES string of the molecule is Fc1c(C(F)F)ncc(CCl)c1I. The summed E-state index contributed by atoms with van der Waals surface area (Å²) in [5, 5.41) is 0. The molecule has 0 aliphatic rings. The van der Waals surface area contributed by atoms with Gasteiger partial charge in [-0.05, 0) is 22.6 Å². The first kappa shape index (κ1) is 11.0. The Kier molecular flexibility index (Phi) is 3.78. The third-order valence-electron chi connectivity index (χ3n) is 1.41. The summed E-state index contributed by atoms with van der Waals surface area (Å²) in [6.07, 6.45) is -1.72. The normalized spacial score (nSPS) is 10.9. The lowest BCUT2D eigenvalue weighted by Gasteiger charge is -2.05. The van der Waals surface area contributed by atoms with Crippen molar-refractivity contribution in [3.8, 4) is 0 Å². The molecule has 0 aliphatic heterocycles. The van der Waals surface area contributed by atoms with Gasteiger partial charge in [-0.3, -0.25) is 4.98 Å². The Morgan fingerprint density at radius 1 is 1.54 bits per heavy atom. The number of hydrogen-bond acceptors (Lipinski definition) is 1. The summed E-state index contributed by atoms with van der Waals surface area (Å²) in [5.41, 5.74) is -0.401. The van der Waals surface area contributed by atoms with Crippen molar-refractivity contribution in [2.75, 3.05) is 0 Å². The van der Waals surface area contributed by atoms with Crippen LogP contribution < -0.4 is 0 Å². The lowest BCUT2D eigenvalue weighted by Crippen LogP contribution is -2.01. The van der Waals surface area contributed by atoms with E-state index in [1.807, 2.05) is 0 Å². The monoisotopic (exact) mass is 321 g/mol. The second kappa shape index (κ2) is 4.45. The molecule has 0 aromatic carbocycles. The van der Waals surface area contributed by atoms with Gasteiger partial charge in [-0.2, -0.15) is 0 Å². The molecular formula is C7H4ClF3IN. The fraction of sp³-hybridized carbons (Fsp3) is 0.286. The predicted octanol–water partition coefficient (Wildman–Crippen LogP) is 3.50. The molecule has 0 radical (unpaired) electrons. The second-order valence-corrected chi connectivity index (χ2v) is 3.58. The number of aromatic nitrogens is 1. The van der Waals surface area contributed by atoms with E-state index in [2.05, 4.69) is 4.98 Å². The van der Waals surface area contributed by atoms with Gasteiger partial charge in [0.15, 0.2) is 5.82 Å². The molecule has 0 amide bonds. The molecule has 0 fully saturated rings. The molecule has 0 saturated carbocycles. The average molecular weight is 321 g/mol. The molecule has 1 heterocycles. The highest BCUT2D eigenvalue weighted by molar-refractivity contribution is 14.1. The Bertz CT molecular complexity index is 319. The summed E-state index contributed by atoms with van der Waals surface area (Å²) in [5.74, 6) is -0.917. The molecule has 0 aliphatic carbocycles. The average Bonchev–Trinajstić information content (AvgIpc) is 2.09. The van der Waals surface area contributed by atoms with E-state index in [0.717, 1.165) is 0 Å². The van der Waals surface area contributed by atoms with E-state index >= 15 is 0 Å². The largest absolute Gasteiger partial charge is 0.283 e. The number of halogens is 5. The molecule has 13 heavy (non-hydrogen) atoms. The summed E-state index contributed by atoms with van der Waals surface area (Å²) in [4.78, 5) is 3.30. The van der Waals surface area contributed by atoms with Crippen LogP contribution in [0.3, 0.4) is 0 Å². The van der Waals surface area contributed by atoms with Crippen molar-refractivity contribution in [3.05, 3.63) is 26.8 Å². The van der Waals surface area contributed by atoms with E-state index in [0.29, 0.717) is 5.56 Å². The quantitative estimate of drug-likeness (QED) is 0.600. The van der Waals surface area contributed by atoms with Crippen LogP contribution in [0, 0.1) is 9.39 Å². The molecule has 0 N–H and O–H groups in total. The zero-order valence-electron chi connectivity index (χ0n) is 6.20. The smallest absolute Gasteiger partial charge is 0.252 e. The standard InChI is InChI=1S/C7H4ClF3IN/c8-1-3-2-13-6(7(10)11)4(9)5(3)12/h2,7H,1H2. The van der Waals surface area contributed by atoms with Gasteiger partial charge >= 0.3 is 0 Å². The summed E-state index contributed by atoms with van der Waals surface area (Å²) < 4.78 is 37.4. The first-order valence-electron chi connectivity index (χ1n) is 3.24. The highest BCUT2D eigenvalue weighted by Gasteiger charge is 2.19. The van der Waals surface area contributed by atoms with Crippen LogP contribution in [-0.4, -0.2) is 4.98 Å². The Balaban J connectivity index is 3.23. The van der Waals surface area contributed by atoms with Crippen molar-refractivity contribution < 1.29 is 13.2 Å². The fourth-order valence-electron chi connectivity index (χ4n) is 0.760. The van der Waals surface area contributed by atoms with Crippen LogP contribution in [0.15, 0.2) is 6.20 Å². The summed E-state index contributed by atoms with van der Waals surface area (Å²) >= 11 is 7.07. The molecule has 0 unspecified atom stereocenters. The van der Waals surface area contributed by atoms with Gasteiger partial charge in [0.2, 0.25) is 0 Å². The van der Waals surface area contributed by atoms with Crippen LogP contribution >= 0.6 is 34.2 Å². The third-order valence-corrected chi connectivity index (χ3v) is 2.86. The van der Waals surface area contributed by atoms with Crippen molar-refractivity contribution in [1.82, 2.24) is 4.98 Å². The second-order valence-electron chi connectivity index (χ2n) is 2.23. The number of nitrogens with zero attached hydrogens (tertiary/aromatic N) is 1. The molecule has 0 spiro atoms. The third kappa shape index (κ3) is 2.25. The van der Waals surface area contributed by atoms with Gasteiger partial charge in [-0.1, -0.05) is 0 Å². The molecule has 6 heteroatoms. The lowest BCUT2D eigenvalue weighted by molar-refractivity contribution is 0.140. The molecule has 0 bridgehead atoms. The number of hydrogen-bond donors (Lipinski definition) is 0. The van der Waals surface area contributed by atoms with Gasteiger partial charge in [0.1, 0.15) is 5.69 Å². The summed E-state index contributed by atoms with van der Waals surface area (Å²) in [7, 11) is 0. The fourth-order valence-corrected chi connectivity index (χ4v) is 1.79. The molecule has 0 saturated heterocycles. The molecule has 1 aromatic rings. The molecular weight excluding hydrogens is 317 g/mol. The minimum atomic E-state index is -2.89. The van der Waals surface area contributed by atoms with Gasteiger partial charge in [0.25, 0.3) is 6.43 Å². The highest BCUT2D eigenvalue weighted by Crippen LogP contribution is 2.25. The van der Waals surface area contributed by atoms with Crippen molar-refractivity contribution in [3.63, 3.8) is 0 Å². The maximum Gasteiger partial charge on any atom is 0.283 e. The number of alkyl halides is 3. The van der Waals surface area contributed by atoms with Crippen LogP contribution in [0.4, 0.5) is 13.2 Å². The van der Waals surface area contributed by atoms with Crippen LogP contribution in [-0.2, 0) is 5.88 Å². The maximum atomic E-state index is 13.1. The van der Waals surface area contributed by atoms with E-state index in [4.69, 9.17) is 11.6 Å². The van der Waals surface area contributed by atoms with Crippen LogP contribution in [0.2, 0.25) is 0 Å². The highest BCUT2D eigenvalue weighted by atomic mass is 127. The molecule has 1 rings (SSSR count). The van der Waals surface area contributed by atoms with Crippen molar-refractivity contribution >= 4 is 34.2 Å². The Hall–Kier alpha value is -0.0400. The summed E-state index contributed by atoms with van der Waals surface area (Å²) in [6.45, 7) is 0. The van der Waals surface area contributed by atoms with E-state index < -0.39 is 17.9 Å². The van der Waals surface area contributed by atoms with Gasteiger partial charge in [-0.25, -0.2) is 13.2 Å². The predicted molar refractivity (Wildman–Crippen MR) is 51.4 cm³/mol. The lowest BCUT2D eigenvalue weighted by atomic mass is 10.2. The maximum absolute atomic E-state index is 13.1. The zero-order chi connectivity index (χ0) is 10.0. The van der Waals surface area contributed by atoms with Crippen LogP contribution in [0.5, 0.6) is 0 Å².